The van der Waals surface area contributed by atoms with E-state index in [9.17, 15) is 4.39 Å². The second kappa shape index (κ2) is 6.64. The molecule has 0 N–H and O–H groups in total. The van der Waals surface area contributed by atoms with Gasteiger partial charge in [0.1, 0.15) is 11.6 Å². The van der Waals surface area contributed by atoms with Crippen LogP contribution in [0.1, 0.15) is 12.8 Å². The second-order valence-corrected chi connectivity index (χ2v) is 6.10. The van der Waals surface area contributed by atoms with E-state index >= 15 is 0 Å². The van der Waals surface area contributed by atoms with Gasteiger partial charge in [-0.3, -0.25) is 4.90 Å². The predicted octanol–water partition coefficient (Wildman–Crippen LogP) is 2.57. The van der Waals surface area contributed by atoms with Crippen molar-refractivity contribution in [1.29, 1.82) is 0 Å². The highest BCUT2D eigenvalue weighted by Gasteiger charge is 2.26. The second-order valence-electron chi connectivity index (χ2n) is 6.10. The maximum absolute atomic E-state index is 13.0. The summed E-state index contributed by atoms with van der Waals surface area (Å²) >= 11 is 0. The summed E-state index contributed by atoms with van der Waals surface area (Å²) in [6.07, 6.45) is 2.83. The zero-order chi connectivity index (χ0) is 17.2. The van der Waals surface area contributed by atoms with Crippen LogP contribution < -0.4 is 4.90 Å². The molecule has 0 aromatic carbocycles. The minimum atomic E-state index is -0.321. The van der Waals surface area contributed by atoms with Gasteiger partial charge in [0.2, 0.25) is 11.7 Å². The Morgan fingerprint density at radius 1 is 1.28 bits per heavy atom. The number of aromatic nitrogens is 3. The molecule has 0 saturated carbocycles. The molecule has 1 atom stereocenters. The van der Waals surface area contributed by atoms with Gasteiger partial charge in [-0.2, -0.15) is 4.98 Å². The molecule has 0 aliphatic carbocycles. The number of hydrogen-bond donors (Lipinski definition) is 0. The van der Waals surface area contributed by atoms with Gasteiger partial charge in [0.15, 0.2) is 5.76 Å². The molecule has 4 rings (SSSR count). The fourth-order valence-corrected chi connectivity index (χ4v) is 3.07. The van der Waals surface area contributed by atoms with Crippen molar-refractivity contribution in [2.75, 3.05) is 24.5 Å². The molecule has 4 heterocycles. The molecule has 1 saturated heterocycles. The lowest BCUT2D eigenvalue weighted by Gasteiger charge is -2.40. The Bertz CT molecular complexity index is 818. The zero-order valence-corrected chi connectivity index (χ0v) is 13.8. The molecule has 0 bridgehead atoms. The lowest BCUT2D eigenvalue weighted by atomic mass is 10.2. The number of anilines is 1. The quantitative estimate of drug-likeness (QED) is 0.721. The Morgan fingerprint density at radius 3 is 2.92 bits per heavy atom. The van der Waals surface area contributed by atoms with Crippen LogP contribution in [0.2, 0.25) is 0 Å². The highest BCUT2D eigenvalue weighted by molar-refractivity contribution is 5.44. The summed E-state index contributed by atoms with van der Waals surface area (Å²) < 4.78 is 23.6. The third-order valence-electron chi connectivity index (χ3n) is 4.29. The highest BCUT2D eigenvalue weighted by Crippen LogP contribution is 2.20. The van der Waals surface area contributed by atoms with Crippen LogP contribution in [-0.4, -0.2) is 45.7 Å². The molecule has 1 fully saturated rings. The standard InChI is InChI=1S/C17H18FN5O2/c1-12-10-22(6-7-23(12)15-5-4-13(18)9-19-15)11-16-20-17(21-25-16)14-3-2-8-24-14/h2-5,8-9,12H,6-7,10-11H2,1H3. The van der Waals surface area contributed by atoms with Crippen LogP contribution in [0.4, 0.5) is 10.2 Å². The first-order valence-electron chi connectivity index (χ1n) is 8.16. The van der Waals surface area contributed by atoms with Gasteiger partial charge < -0.3 is 13.8 Å². The number of nitrogens with zero attached hydrogens (tertiary/aromatic N) is 5. The van der Waals surface area contributed by atoms with Gasteiger partial charge in [0.25, 0.3) is 0 Å². The smallest absolute Gasteiger partial charge is 0.241 e. The Labute approximate surface area is 144 Å². The number of halogens is 1. The molecule has 3 aromatic rings. The van der Waals surface area contributed by atoms with E-state index in [0.29, 0.717) is 24.0 Å². The molecule has 7 nitrogen and oxygen atoms in total. The lowest BCUT2D eigenvalue weighted by Crippen LogP contribution is -2.51. The molecule has 0 amide bonds. The first-order valence-corrected chi connectivity index (χ1v) is 8.16. The summed E-state index contributed by atoms with van der Waals surface area (Å²) in [7, 11) is 0. The van der Waals surface area contributed by atoms with E-state index in [1.54, 1.807) is 24.5 Å². The molecule has 0 spiro atoms. The molecule has 130 valence electrons. The third kappa shape index (κ3) is 3.39. The number of rotatable bonds is 4. The van der Waals surface area contributed by atoms with Crippen molar-refractivity contribution in [2.24, 2.45) is 0 Å². The summed E-state index contributed by atoms with van der Waals surface area (Å²) in [6.45, 7) is 5.18. The predicted molar refractivity (Wildman–Crippen MR) is 88.3 cm³/mol. The Hall–Kier alpha value is -2.74. The van der Waals surface area contributed by atoms with Crippen molar-refractivity contribution in [1.82, 2.24) is 20.0 Å². The SMILES string of the molecule is CC1CN(Cc2nc(-c3ccco3)no2)CCN1c1ccc(F)cn1. The molecule has 1 unspecified atom stereocenters. The zero-order valence-electron chi connectivity index (χ0n) is 13.8. The first-order chi connectivity index (χ1) is 12.2. The van der Waals surface area contributed by atoms with E-state index in [1.165, 1.54) is 12.3 Å². The Morgan fingerprint density at radius 2 is 2.20 bits per heavy atom. The van der Waals surface area contributed by atoms with E-state index in [1.807, 2.05) is 0 Å². The average molecular weight is 343 g/mol. The van der Waals surface area contributed by atoms with Crippen molar-refractivity contribution in [3.8, 4) is 11.6 Å². The lowest BCUT2D eigenvalue weighted by molar-refractivity contribution is 0.193. The fraction of sp³-hybridized carbons (Fsp3) is 0.353. The van der Waals surface area contributed by atoms with Crippen molar-refractivity contribution >= 4 is 5.82 Å². The van der Waals surface area contributed by atoms with Crippen LogP contribution in [-0.2, 0) is 6.54 Å². The molecule has 1 aliphatic rings. The van der Waals surface area contributed by atoms with Crippen LogP contribution in [0.3, 0.4) is 0 Å². The van der Waals surface area contributed by atoms with Gasteiger partial charge in [-0.1, -0.05) is 5.16 Å². The van der Waals surface area contributed by atoms with Crippen molar-refractivity contribution < 1.29 is 13.3 Å². The number of piperazine rings is 1. The van der Waals surface area contributed by atoms with Gasteiger partial charge in [-0.15, -0.1) is 0 Å². The van der Waals surface area contributed by atoms with Gasteiger partial charge in [-0.25, -0.2) is 9.37 Å². The largest absolute Gasteiger partial charge is 0.461 e. The van der Waals surface area contributed by atoms with Gasteiger partial charge in [-0.05, 0) is 31.2 Å². The minimum absolute atomic E-state index is 0.249. The Balaban J connectivity index is 1.39. The number of pyridine rings is 1. The van der Waals surface area contributed by atoms with Crippen LogP contribution >= 0.6 is 0 Å². The third-order valence-corrected chi connectivity index (χ3v) is 4.29. The van der Waals surface area contributed by atoms with Gasteiger partial charge >= 0.3 is 0 Å². The van der Waals surface area contributed by atoms with Crippen LogP contribution in [0.15, 0.2) is 45.7 Å². The molecular weight excluding hydrogens is 325 g/mol. The van der Waals surface area contributed by atoms with Crippen LogP contribution in [0.25, 0.3) is 11.6 Å². The summed E-state index contributed by atoms with van der Waals surface area (Å²) in [4.78, 5) is 13.0. The Kier molecular flexibility index (Phi) is 4.19. The topological polar surface area (TPSA) is 71.4 Å². The summed E-state index contributed by atoms with van der Waals surface area (Å²) in [5, 5.41) is 3.95. The molecule has 8 heteroatoms. The number of hydrogen-bond acceptors (Lipinski definition) is 7. The maximum Gasteiger partial charge on any atom is 0.241 e. The monoisotopic (exact) mass is 343 g/mol. The number of furan rings is 1. The van der Waals surface area contributed by atoms with Crippen molar-refractivity contribution in [3.05, 3.63) is 48.4 Å². The normalized spacial score (nSPS) is 18.6. The van der Waals surface area contributed by atoms with Crippen LogP contribution in [0.5, 0.6) is 0 Å². The minimum Gasteiger partial charge on any atom is -0.461 e. The summed E-state index contributed by atoms with van der Waals surface area (Å²) in [5.74, 6) is 2.09. The van der Waals surface area contributed by atoms with E-state index in [2.05, 4.69) is 31.8 Å². The summed E-state index contributed by atoms with van der Waals surface area (Å²) in [6, 6.07) is 6.99. The van der Waals surface area contributed by atoms with E-state index in [0.717, 1.165) is 25.5 Å². The average Bonchev–Trinajstić information content (AvgIpc) is 3.27. The van der Waals surface area contributed by atoms with Gasteiger partial charge in [0, 0.05) is 25.7 Å². The van der Waals surface area contributed by atoms with Crippen LogP contribution in [0, 0.1) is 5.82 Å². The summed E-state index contributed by atoms with van der Waals surface area (Å²) in [5.41, 5.74) is 0. The molecule has 0 radical (unpaired) electrons. The fourth-order valence-electron chi connectivity index (χ4n) is 3.07. The van der Waals surface area contributed by atoms with Crippen molar-refractivity contribution in [3.63, 3.8) is 0 Å². The first kappa shape index (κ1) is 15.8. The van der Waals surface area contributed by atoms with Gasteiger partial charge in [0.05, 0.1) is 19.0 Å². The molecular formula is C17H18FN5O2. The van der Waals surface area contributed by atoms with E-state index in [-0.39, 0.29) is 11.9 Å². The molecule has 3 aromatic heterocycles. The molecule has 25 heavy (non-hydrogen) atoms. The molecule has 1 aliphatic heterocycles. The van der Waals surface area contributed by atoms with E-state index in [4.69, 9.17) is 8.94 Å². The van der Waals surface area contributed by atoms with E-state index < -0.39 is 0 Å². The highest BCUT2D eigenvalue weighted by atomic mass is 19.1. The van der Waals surface area contributed by atoms with Crippen molar-refractivity contribution in [2.45, 2.75) is 19.5 Å². The maximum atomic E-state index is 13.0.